The van der Waals surface area contributed by atoms with Gasteiger partial charge in [-0.25, -0.2) is 0 Å². The zero-order chi connectivity index (χ0) is 12.4. The molecule has 3 rings (SSSR count). The van der Waals surface area contributed by atoms with Crippen LogP contribution in [-0.4, -0.2) is 22.1 Å². The number of hydrogen-bond donors (Lipinski definition) is 1. The lowest BCUT2D eigenvalue weighted by Gasteiger charge is -2.24. The number of carbonyl (C=O) groups is 1. The van der Waals surface area contributed by atoms with Gasteiger partial charge in [-0.05, 0) is 18.1 Å². The Hall–Kier alpha value is -1.95. The fraction of sp³-hybridized carbons (Fsp3) is 0.250. The van der Waals surface area contributed by atoms with Crippen molar-refractivity contribution in [2.24, 2.45) is 5.92 Å². The van der Waals surface area contributed by atoms with Gasteiger partial charge in [0.05, 0.1) is 12.1 Å². The van der Waals surface area contributed by atoms with Gasteiger partial charge in [0.1, 0.15) is 17.4 Å². The van der Waals surface area contributed by atoms with Crippen molar-refractivity contribution in [3.8, 4) is 5.75 Å². The third-order valence-electron chi connectivity index (χ3n) is 2.86. The van der Waals surface area contributed by atoms with E-state index in [9.17, 15) is 4.79 Å². The molecule has 0 saturated heterocycles. The molecular formula is C12H11N3O2S. The Labute approximate surface area is 108 Å². The highest BCUT2D eigenvalue weighted by Crippen LogP contribution is 2.27. The summed E-state index contributed by atoms with van der Waals surface area (Å²) in [6.45, 7) is 0.412. The first kappa shape index (κ1) is 11.2. The van der Waals surface area contributed by atoms with Crippen LogP contribution in [0.1, 0.15) is 5.56 Å². The smallest absolute Gasteiger partial charge is 0.231 e. The van der Waals surface area contributed by atoms with E-state index in [-0.39, 0.29) is 11.8 Å². The molecule has 18 heavy (non-hydrogen) atoms. The molecule has 1 aromatic heterocycles. The van der Waals surface area contributed by atoms with E-state index in [0.29, 0.717) is 18.0 Å². The number of nitrogens with zero attached hydrogens (tertiary/aromatic N) is 2. The van der Waals surface area contributed by atoms with Crippen molar-refractivity contribution in [1.82, 2.24) is 9.59 Å². The minimum absolute atomic E-state index is 0.0458. The van der Waals surface area contributed by atoms with Crippen LogP contribution < -0.4 is 10.1 Å². The summed E-state index contributed by atoms with van der Waals surface area (Å²) < 4.78 is 9.29. The standard InChI is InChI=1S/C12H11N3O2S/c16-12(14-11-6-13-15-18-11)9-5-8-3-1-2-4-10(8)17-7-9/h1-4,6,9H,5,7H2,(H,14,16). The molecule has 1 aliphatic rings. The maximum Gasteiger partial charge on any atom is 0.231 e. The molecule has 5 nitrogen and oxygen atoms in total. The Bertz CT molecular complexity index is 556. The zero-order valence-electron chi connectivity index (χ0n) is 9.50. The molecule has 6 heteroatoms. The Morgan fingerprint density at radius 1 is 1.44 bits per heavy atom. The molecule has 0 radical (unpaired) electrons. The Kier molecular flexibility index (Phi) is 2.93. The SMILES string of the molecule is O=C(Nc1cnns1)C1COc2ccccc2C1. The van der Waals surface area contributed by atoms with Crippen molar-refractivity contribution in [2.75, 3.05) is 11.9 Å². The van der Waals surface area contributed by atoms with Crippen molar-refractivity contribution in [3.05, 3.63) is 36.0 Å². The second-order valence-corrected chi connectivity index (χ2v) is 4.88. The number of benzene rings is 1. The van der Waals surface area contributed by atoms with E-state index in [1.54, 1.807) is 6.20 Å². The lowest BCUT2D eigenvalue weighted by atomic mass is 9.96. The van der Waals surface area contributed by atoms with E-state index in [4.69, 9.17) is 4.74 Å². The quantitative estimate of drug-likeness (QED) is 0.894. The zero-order valence-corrected chi connectivity index (χ0v) is 10.3. The van der Waals surface area contributed by atoms with Gasteiger partial charge in [-0.3, -0.25) is 4.79 Å². The minimum Gasteiger partial charge on any atom is -0.492 e. The first-order valence-corrected chi connectivity index (χ1v) is 6.39. The molecule has 0 aliphatic carbocycles. The minimum atomic E-state index is -0.165. The molecule has 1 amide bonds. The van der Waals surface area contributed by atoms with Crippen LogP contribution in [0.5, 0.6) is 5.75 Å². The molecule has 0 saturated carbocycles. The molecule has 1 aromatic carbocycles. The van der Waals surface area contributed by atoms with Crippen molar-refractivity contribution < 1.29 is 9.53 Å². The Morgan fingerprint density at radius 2 is 2.33 bits per heavy atom. The van der Waals surface area contributed by atoms with Crippen molar-refractivity contribution in [3.63, 3.8) is 0 Å². The van der Waals surface area contributed by atoms with Crippen LogP contribution in [0.15, 0.2) is 30.5 Å². The van der Waals surface area contributed by atoms with Crippen molar-refractivity contribution >= 4 is 22.4 Å². The molecule has 1 aliphatic heterocycles. The van der Waals surface area contributed by atoms with E-state index in [0.717, 1.165) is 11.3 Å². The monoisotopic (exact) mass is 261 g/mol. The summed E-state index contributed by atoms with van der Waals surface area (Å²) in [5.74, 6) is 0.665. The average molecular weight is 261 g/mol. The van der Waals surface area contributed by atoms with Gasteiger partial charge < -0.3 is 10.1 Å². The van der Waals surface area contributed by atoms with Gasteiger partial charge in [-0.1, -0.05) is 22.7 Å². The van der Waals surface area contributed by atoms with Crippen LogP contribution in [0.2, 0.25) is 0 Å². The van der Waals surface area contributed by atoms with E-state index < -0.39 is 0 Å². The molecule has 0 fully saturated rings. The summed E-state index contributed by atoms with van der Waals surface area (Å²) in [7, 11) is 0. The Balaban J connectivity index is 1.70. The molecule has 92 valence electrons. The van der Waals surface area contributed by atoms with E-state index in [2.05, 4.69) is 14.9 Å². The van der Waals surface area contributed by atoms with Crippen LogP contribution in [0.3, 0.4) is 0 Å². The van der Waals surface area contributed by atoms with Crippen molar-refractivity contribution in [1.29, 1.82) is 0 Å². The molecule has 2 aromatic rings. The van der Waals surface area contributed by atoms with Crippen LogP contribution in [0.4, 0.5) is 5.00 Å². The normalized spacial score (nSPS) is 17.7. The van der Waals surface area contributed by atoms with Gasteiger partial charge in [0.25, 0.3) is 0 Å². The number of para-hydroxylation sites is 1. The highest BCUT2D eigenvalue weighted by atomic mass is 32.1. The number of hydrogen-bond acceptors (Lipinski definition) is 5. The first-order valence-electron chi connectivity index (χ1n) is 5.62. The predicted molar refractivity (Wildman–Crippen MR) is 67.7 cm³/mol. The topological polar surface area (TPSA) is 64.1 Å². The molecule has 1 atom stereocenters. The number of anilines is 1. The summed E-state index contributed by atoms with van der Waals surface area (Å²) in [4.78, 5) is 12.0. The summed E-state index contributed by atoms with van der Waals surface area (Å²) in [6, 6.07) is 7.80. The molecule has 2 heterocycles. The van der Waals surface area contributed by atoms with Crippen molar-refractivity contribution in [2.45, 2.75) is 6.42 Å². The summed E-state index contributed by atoms with van der Waals surface area (Å²) in [5.41, 5.74) is 1.08. The van der Waals surface area contributed by atoms with Gasteiger partial charge >= 0.3 is 0 Å². The number of amides is 1. The highest BCUT2D eigenvalue weighted by Gasteiger charge is 2.26. The maximum absolute atomic E-state index is 12.0. The summed E-state index contributed by atoms with van der Waals surface area (Å²) >= 11 is 1.17. The van der Waals surface area contributed by atoms with E-state index in [1.807, 2.05) is 24.3 Å². The molecule has 1 N–H and O–H groups in total. The maximum atomic E-state index is 12.0. The van der Waals surface area contributed by atoms with Gasteiger partial charge in [0.15, 0.2) is 0 Å². The van der Waals surface area contributed by atoms with Crippen LogP contribution in [0.25, 0.3) is 0 Å². The van der Waals surface area contributed by atoms with Gasteiger partial charge in [-0.15, -0.1) is 5.10 Å². The lowest BCUT2D eigenvalue weighted by Crippen LogP contribution is -2.32. The van der Waals surface area contributed by atoms with Crippen LogP contribution in [-0.2, 0) is 11.2 Å². The van der Waals surface area contributed by atoms with Gasteiger partial charge in [0.2, 0.25) is 5.91 Å². The predicted octanol–water partition coefficient (Wildman–Crippen LogP) is 1.73. The number of fused-ring (bicyclic) bond motifs is 1. The number of aromatic nitrogens is 2. The van der Waals surface area contributed by atoms with Gasteiger partial charge in [-0.2, -0.15) is 0 Å². The molecular weight excluding hydrogens is 250 g/mol. The average Bonchev–Trinajstić information content (AvgIpc) is 2.91. The summed E-state index contributed by atoms with van der Waals surface area (Å²) in [5, 5.41) is 7.14. The lowest BCUT2D eigenvalue weighted by molar-refractivity contribution is -0.121. The summed E-state index contributed by atoms with van der Waals surface area (Å²) in [6.07, 6.45) is 2.24. The fourth-order valence-electron chi connectivity index (χ4n) is 1.94. The van der Waals surface area contributed by atoms with Crippen LogP contribution >= 0.6 is 11.5 Å². The number of carbonyl (C=O) groups excluding carboxylic acids is 1. The molecule has 0 spiro atoms. The third kappa shape index (κ3) is 2.19. The second kappa shape index (κ2) is 4.73. The van der Waals surface area contributed by atoms with E-state index in [1.165, 1.54) is 11.5 Å². The number of ether oxygens (including phenoxy) is 1. The van der Waals surface area contributed by atoms with E-state index >= 15 is 0 Å². The highest BCUT2D eigenvalue weighted by molar-refractivity contribution is 7.10. The van der Waals surface area contributed by atoms with Crippen LogP contribution in [0, 0.1) is 5.92 Å². The second-order valence-electron chi connectivity index (χ2n) is 4.09. The Morgan fingerprint density at radius 3 is 3.17 bits per heavy atom. The third-order valence-corrected chi connectivity index (χ3v) is 3.44. The molecule has 1 unspecified atom stereocenters. The fourth-order valence-corrected chi connectivity index (χ4v) is 2.36. The number of nitrogens with one attached hydrogen (secondary N) is 1. The molecule has 0 bridgehead atoms. The number of rotatable bonds is 2. The van der Waals surface area contributed by atoms with Gasteiger partial charge in [0, 0.05) is 11.5 Å². The largest absolute Gasteiger partial charge is 0.492 e. The first-order chi connectivity index (χ1) is 8.83.